The van der Waals surface area contributed by atoms with Crippen LogP contribution < -0.4 is 0 Å². The van der Waals surface area contributed by atoms with Gasteiger partial charge in [0.15, 0.2) is 9.84 Å². The van der Waals surface area contributed by atoms with Gasteiger partial charge in [0.1, 0.15) is 5.82 Å². The Morgan fingerprint density at radius 3 is 2.62 bits per heavy atom. The highest BCUT2D eigenvalue weighted by molar-refractivity contribution is 7.91. The van der Waals surface area contributed by atoms with Crippen molar-refractivity contribution in [2.24, 2.45) is 0 Å². The molecule has 1 atom stereocenters. The van der Waals surface area contributed by atoms with Crippen molar-refractivity contribution in [3.63, 3.8) is 0 Å². The van der Waals surface area contributed by atoms with Crippen LogP contribution in [0.3, 0.4) is 0 Å². The molecule has 0 bridgehead atoms. The summed E-state index contributed by atoms with van der Waals surface area (Å²) in [7, 11) is -2.74. The SMILES string of the molecule is COC(=O)CC(C)S(=O)(=O)Cc1cc(F)ccc1[N+](=O)[O-]. The molecule has 1 unspecified atom stereocenters. The molecule has 0 fully saturated rings. The summed E-state index contributed by atoms with van der Waals surface area (Å²) in [4.78, 5) is 21.1. The molecule has 0 aliphatic rings. The van der Waals surface area contributed by atoms with E-state index in [1.54, 1.807) is 0 Å². The lowest BCUT2D eigenvalue weighted by Gasteiger charge is -2.12. The van der Waals surface area contributed by atoms with Gasteiger partial charge >= 0.3 is 5.97 Å². The lowest BCUT2D eigenvalue weighted by atomic mass is 10.2. The van der Waals surface area contributed by atoms with Crippen LogP contribution in [0.2, 0.25) is 0 Å². The molecule has 0 N–H and O–H groups in total. The van der Waals surface area contributed by atoms with E-state index in [4.69, 9.17) is 0 Å². The Morgan fingerprint density at radius 1 is 1.48 bits per heavy atom. The predicted molar refractivity (Wildman–Crippen MR) is 71.8 cm³/mol. The van der Waals surface area contributed by atoms with Crippen molar-refractivity contribution in [3.05, 3.63) is 39.7 Å². The zero-order chi connectivity index (χ0) is 16.2. The number of nitro groups is 1. The minimum atomic E-state index is -3.86. The fourth-order valence-corrected chi connectivity index (χ4v) is 2.99. The van der Waals surface area contributed by atoms with Gasteiger partial charge in [-0.15, -0.1) is 0 Å². The molecule has 1 aromatic rings. The van der Waals surface area contributed by atoms with Gasteiger partial charge in [0, 0.05) is 11.6 Å². The molecule has 0 saturated carbocycles. The van der Waals surface area contributed by atoms with Gasteiger partial charge in [-0.3, -0.25) is 14.9 Å². The van der Waals surface area contributed by atoms with Crippen LogP contribution in [0.15, 0.2) is 18.2 Å². The van der Waals surface area contributed by atoms with Crippen molar-refractivity contribution in [2.75, 3.05) is 7.11 Å². The summed E-state index contributed by atoms with van der Waals surface area (Å²) in [6.45, 7) is 1.29. The van der Waals surface area contributed by atoms with Crippen LogP contribution >= 0.6 is 0 Å². The second-order valence-corrected chi connectivity index (χ2v) is 6.85. The summed E-state index contributed by atoms with van der Waals surface area (Å²) >= 11 is 0. The maximum absolute atomic E-state index is 13.2. The lowest BCUT2D eigenvalue weighted by molar-refractivity contribution is -0.385. The van der Waals surface area contributed by atoms with Crippen molar-refractivity contribution in [2.45, 2.75) is 24.3 Å². The van der Waals surface area contributed by atoms with E-state index in [1.807, 2.05) is 0 Å². The first-order chi connectivity index (χ1) is 9.67. The largest absolute Gasteiger partial charge is 0.469 e. The smallest absolute Gasteiger partial charge is 0.306 e. The normalized spacial score (nSPS) is 12.7. The molecular formula is C12H14FNO6S. The molecule has 0 saturated heterocycles. The molecule has 0 aromatic heterocycles. The number of benzene rings is 1. The Hall–Kier alpha value is -2.03. The second kappa shape index (κ2) is 6.61. The fourth-order valence-electron chi connectivity index (χ4n) is 1.65. The number of esters is 1. The van der Waals surface area contributed by atoms with Crippen molar-refractivity contribution in [1.82, 2.24) is 0 Å². The Kier molecular flexibility index (Phi) is 5.36. The monoisotopic (exact) mass is 319 g/mol. The molecule has 0 heterocycles. The Labute approximate surface area is 120 Å². The molecule has 1 aromatic carbocycles. The third-order valence-corrected chi connectivity index (χ3v) is 5.00. The highest BCUT2D eigenvalue weighted by Gasteiger charge is 2.27. The third-order valence-electron chi connectivity index (χ3n) is 2.89. The summed E-state index contributed by atoms with van der Waals surface area (Å²) < 4.78 is 41.7. The van der Waals surface area contributed by atoms with E-state index < -0.39 is 43.2 Å². The average Bonchev–Trinajstić information content (AvgIpc) is 2.37. The summed E-state index contributed by atoms with van der Waals surface area (Å²) in [5.74, 6) is -2.20. The van der Waals surface area contributed by atoms with Gasteiger partial charge in [-0.1, -0.05) is 0 Å². The minimum Gasteiger partial charge on any atom is -0.469 e. The van der Waals surface area contributed by atoms with Crippen LogP contribution in [0.5, 0.6) is 0 Å². The highest BCUT2D eigenvalue weighted by atomic mass is 32.2. The number of carbonyl (C=O) groups excluding carboxylic acids is 1. The molecule has 21 heavy (non-hydrogen) atoms. The molecule has 116 valence electrons. The summed E-state index contributed by atoms with van der Waals surface area (Å²) in [5.41, 5.74) is -0.734. The zero-order valence-corrected chi connectivity index (χ0v) is 12.2. The van der Waals surface area contributed by atoms with Crippen LogP contribution in [0.25, 0.3) is 0 Å². The molecule has 0 spiro atoms. The number of nitrogens with zero attached hydrogens (tertiary/aromatic N) is 1. The number of ether oxygens (including phenoxy) is 1. The predicted octanol–water partition coefficient (Wildman–Crippen LogP) is 1.60. The first kappa shape index (κ1) is 17.0. The van der Waals surface area contributed by atoms with Crippen molar-refractivity contribution < 1.29 is 27.3 Å². The van der Waals surface area contributed by atoms with Gasteiger partial charge in [0.2, 0.25) is 0 Å². The number of rotatable bonds is 6. The van der Waals surface area contributed by atoms with E-state index in [-0.39, 0.29) is 12.0 Å². The number of carbonyl (C=O) groups is 1. The number of hydrogen-bond donors (Lipinski definition) is 0. The van der Waals surface area contributed by atoms with Crippen LogP contribution in [0.4, 0.5) is 10.1 Å². The van der Waals surface area contributed by atoms with Crippen LogP contribution in [-0.4, -0.2) is 31.7 Å². The third kappa shape index (κ3) is 4.48. The van der Waals surface area contributed by atoms with Crippen LogP contribution in [0, 0.1) is 15.9 Å². The highest BCUT2D eigenvalue weighted by Crippen LogP contribution is 2.24. The maximum atomic E-state index is 13.2. The Balaban J connectivity index is 3.06. The van der Waals surface area contributed by atoms with Crippen molar-refractivity contribution in [1.29, 1.82) is 0 Å². The quantitative estimate of drug-likeness (QED) is 0.448. The maximum Gasteiger partial charge on any atom is 0.306 e. The lowest BCUT2D eigenvalue weighted by Crippen LogP contribution is -2.24. The number of hydrogen-bond acceptors (Lipinski definition) is 6. The van der Waals surface area contributed by atoms with Gasteiger partial charge < -0.3 is 4.74 Å². The van der Waals surface area contributed by atoms with E-state index in [0.717, 1.165) is 25.3 Å². The first-order valence-electron chi connectivity index (χ1n) is 5.88. The molecule has 9 heteroatoms. The molecule has 1 rings (SSSR count). The van der Waals surface area contributed by atoms with Gasteiger partial charge in [-0.05, 0) is 19.1 Å². The van der Waals surface area contributed by atoms with Gasteiger partial charge in [-0.2, -0.15) is 0 Å². The van der Waals surface area contributed by atoms with Gasteiger partial charge in [0.25, 0.3) is 5.69 Å². The molecule has 0 aliphatic carbocycles. The molecule has 0 aliphatic heterocycles. The van der Waals surface area contributed by atoms with E-state index in [0.29, 0.717) is 0 Å². The Morgan fingerprint density at radius 2 is 2.10 bits per heavy atom. The van der Waals surface area contributed by atoms with Gasteiger partial charge in [-0.25, -0.2) is 12.8 Å². The van der Waals surface area contributed by atoms with Gasteiger partial charge in [0.05, 0.1) is 29.5 Å². The fraction of sp³-hybridized carbons (Fsp3) is 0.417. The minimum absolute atomic E-state index is 0.253. The zero-order valence-electron chi connectivity index (χ0n) is 11.4. The van der Waals surface area contributed by atoms with E-state index in [9.17, 15) is 27.7 Å². The number of sulfone groups is 1. The first-order valence-corrected chi connectivity index (χ1v) is 7.60. The van der Waals surface area contributed by atoms with Crippen molar-refractivity contribution in [3.8, 4) is 0 Å². The molecule has 0 amide bonds. The van der Waals surface area contributed by atoms with Crippen LogP contribution in [-0.2, 0) is 25.1 Å². The number of halogens is 1. The van der Waals surface area contributed by atoms with Crippen LogP contribution in [0.1, 0.15) is 18.9 Å². The topological polar surface area (TPSA) is 104 Å². The van der Waals surface area contributed by atoms with E-state index in [2.05, 4.69) is 4.74 Å². The van der Waals surface area contributed by atoms with E-state index >= 15 is 0 Å². The summed E-state index contributed by atoms with van der Waals surface area (Å²) in [6.07, 6.45) is -0.373. The van der Waals surface area contributed by atoms with E-state index in [1.165, 1.54) is 6.92 Å². The summed E-state index contributed by atoms with van der Waals surface area (Å²) in [6, 6.07) is 2.60. The number of methoxy groups -OCH3 is 1. The number of nitro benzene ring substituents is 1. The molecular weight excluding hydrogens is 305 g/mol. The standard InChI is InChI=1S/C12H14FNO6S/c1-8(5-12(15)20-2)21(18,19)7-9-6-10(13)3-4-11(9)14(16)17/h3-4,6,8H,5,7H2,1-2H3. The summed E-state index contributed by atoms with van der Waals surface area (Å²) in [5, 5.41) is 9.74. The van der Waals surface area contributed by atoms with Crippen molar-refractivity contribution >= 4 is 21.5 Å². The Bertz CT molecular complexity index is 658. The molecule has 0 radical (unpaired) electrons. The second-order valence-electron chi connectivity index (χ2n) is 4.43. The average molecular weight is 319 g/mol. The molecule has 7 nitrogen and oxygen atoms in total.